The Bertz CT molecular complexity index is 868. The fourth-order valence-corrected chi connectivity index (χ4v) is 4.22. The van der Waals surface area contributed by atoms with Crippen molar-refractivity contribution in [3.05, 3.63) is 53.0 Å². The van der Waals surface area contributed by atoms with E-state index >= 15 is 0 Å². The highest BCUT2D eigenvalue weighted by Gasteiger charge is 2.21. The SMILES string of the molecule is CCN(CC)S(=O)(=O)c1ccc(CNCc2cc(C(=O)OC)c(C)o2)cc1. The van der Waals surface area contributed by atoms with E-state index in [9.17, 15) is 13.2 Å². The second-order valence-corrected chi connectivity index (χ2v) is 7.95. The fourth-order valence-electron chi connectivity index (χ4n) is 2.77. The van der Waals surface area contributed by atoms with E-state index in [-0.39, 0.29) is 0 Å². The Hall–Kier alpha value is -2.16. The molecule has 0 aliphatic heterocycles. The van der Waals surface area contributed by atoms with Crippen molar-refractivity contribution >= 4 is 16.0 Å². The van der Waals surface area contributed by atoms with Crippen LogP contribution >= 0.6 is 0 Å². The summed E-state index contributed by atoms with van der Waals surface area (Å²) in [5, 5.41) is 3.21. The first-order valence-corrected chi connectivity index (χ1v) is 10.2. The predicted octanol–water partition coefficient (Wildman–Crippen LogP) is 2.69. The summed E-state index contributed by atoms with van der Waals surface area (Å²) in [6.07, 6.45) is 0. The van der Waals surface area contributed by atoms with Gasteiger partial charge >= 0.3 is 5.97 Å². The minimum Gasteiger partial charge on any atom is -0.465 e. The van der Waals surface area contributed by atoms with Crippen LogP contribution in [0.15, 0.2) is 39.6 Å². The molecule has 0 amide bonds. The molecule has 7 nitrogen and oxygen atoms in total. The van der Waals surface area contributed by atoms with Crippen molar-refractivity contribution in [3.63, 3.8) is 0 Å². The first-order chi connectivity index (χ1) is 12.8. The molecule has 27 heavy (non-hydrogen) atoms. The number of aryl methyl sites for hydroxylation is 1. The number of nitrogens with zero attached hydrogens (tertiary/aromatic N) is 1. The van der Waals surface area contributed by atoms with Gasteiger partial charge in [0.1, 0.15) is 17.1 Å². The molecule has 0 unspecified atom stereocenters. The molecule has 0 bridgehead atoms. The zero-order valence-corrected chi connectivity index (χ0v) is 16.9. The smallest absolute Gasteiger partial charge is 0.341 e. The molecule has 0 fully saturated rings. The first-order valence-electron chi connectivity index (χ1n) is 8.80. The molecule has 0 spiro atoms. The van der Waals surface area contributed by atoms with Crippen LogP contribution in [0.4, 0.5) is 0 Å². The molecular formula is C19H26N2O5S. The van der Waals surface area contributed by atoms with Gasteiger partial charge in [-0.3, -0.25) is 0 Å². The molecule has 0 saturated heterocycles. The number of nitrogens with one attached hydrogen (secondary N) is 1. The Labute approximate surface area is 160 Å². The molecule has 0 aliphatic carbocycles. The highest BCUT2D eigenvalue weighted by atomic mass is 32.2. The van der Waals surface area contributed by atoms with Crippen LogP contribution in [0, 0.1) is 6.92 Å². The number of hydrogen-bond acceptors (Lipinski definition) is 6. The van der Waals surface area contributed by atoms with Crippen LogP contribution in [0.25, 0.3) is 0 Å². The van der Waals surface area contributed by atoms with Crippen LogP contribution < -0.4 is 5.32 Å². The summed E-state index contributed by atoms with van der Waals surface area (Å²) >= 11 is 0. The van der Waals surface area contributed by atoms with Crippen molar-refractivity contribution < 1.29 is 22.4 Å². The third kappa shape index (κ3) is 4.97. The number of ether oxygens (including phenoxy) is 1. The topological polar surface area (TPSA) is 88.9 Å². The van der Waals surface area contributed by atoms with E-state index in [0.29, 0.717) is 48.2 Å². The second kappa shape index (κ2) is 9.16. The van der Waals surface area contributed by atoms with Gasteiger partial charge in [0, 0.05) is 19.6 Å². The second-order valence-electron chi connectivity index (χ2n) is 6.01. The number of sulfonamides is 1. The van der Waals surface area contributed by atoms with Crippen LogP contribution in [0.2, 0.25) is 0 Å². The van der Waals surface area contributed by atoms with Gasteiger partial charge in [-0.25, -0.2) is 13.2 Å². The highest BCUT2D eigenvalue weighted by Crippen LogP contribution is 2.17. The normalized spacial score (nSPS) is 11.7. The van der Waals surface area contributed by atoms with Crippen molar-refractivity contribution in [2.75, 3.05) is 20.2 Å². The Kier molecular flexibility index (Phi) is 7.18. The minimum absolute atomic E-state index is 0.291. The Balaban J connectivity index is 1.97. The highest BCUT2D eigenvalue weighted by molar-refractivity contribution is 7.89. The number of esters is 1. The molecule has 0 aliphatic rings. The molecule has 1 heterocycles. The molecule has 0 atom stereocenters. The average Bonchev–Trinajstić information content (AvgIpc) is 3.03. The lowest BCUT2D eigenvalue weighted by Crippen LogP contribution is -2.30. The molecule has 1 aromatic heterocycles. The lowest BCUT2D eigenvalue weighted by molar-refractivity contribution is 0.0599. The van der Waals surface area contributed by atoms with Gasteiger partial charge in [0.25, 0.3) is 0 Å². The third-order valence-electron chi connectivity index (χ3n) is 4.27. The van der Waals surface area contributed by atoms with Crippen LogP contribution in [0.3, 0.4) is 0 Å². The number of furan rings is 1. The van der Waals surface area contributed by atoms with Gasteiger partial charge in [0.05, 0.1) is 18.6 Å². The van der Waals surface area contributed by atoms with Gasteiger partial charge in [-0.2, -0.15) is 4.31 Å². The molecule has 2 rings (SSSR count). The number of carbonyl (C=O) groups excluding carboxylic acids is 1. The lowest BCUT2D eigenvalue weighted by atomic mass is 10.2. The fraction of sp³-hybridized carbons (Fsp3) is 0.421. The Morgan fingerprint density at radius 3 is 2.33 bits per heavy atom. The molecule has 1 aromatic carbocycles. The lowest BCUT2D eigenvalue weighted by Gasteiger charge is -2.18. The van der Waals surface area contributed by atoms with Gasteiger partial charge in [-0.1, -0.05) is 26.0 Å². The molecule has 0 saturated carbocycles. The summed E-state index contributed by atoms with van der Waals surface area (Å²) in [6, 6.07) is 8.48. The van der Waals surface area contributed by atoms with Crippen molar-refractivity contribution in [2.45, 2.75) is 38.8 Å². The van der Waals surface area contributed by atoms with Crippen molar-refractivity contribution in [3.8, 4) is 0 Å². The standard InChI is InChI=1S/C19H26N2O5S/c1-5-21(6-2)27(23,24)17-9-7-15(8-10-17)12-20-13-16-11-18(14(3)26-16)19(22)25-4/h7-11,20H,5-6,12-13H2,1-4H3. The third-order valence-corrected chi connectivity index (χ3v) is 6.33. The number of rotatable bonds is 9. The van der Waals surface area contributed by atoms with E-state index in [2.05, 4.69) is 5.32 Å². The van der Waals surface area contributed by atoms with E-state index in [1.165, 1.54) is 11.4 Å². The van der Waals surface area contributed by atoms with Crippen molar-refractivity contribution in [2.24, 2.45) is 0 Å². The molecule has 8 heteroatoms. The summed E-state index contributed by atoms with van der Waals surface area (Å²) in [7, 11) is -2.11. The quantitative estimate of drug-likeness (QED) is 0.658. The Morgan fingerprint density at radius 2 is 1.78 bits per heavy atom. The van der Waals surface area contributed by atoms with Gasteiger partial charge in [0.2, 0.25) is 10.0 Å². The van der Waals surface area contributed by atoms with Crippen LogP contribution in [-0.4, -0.2) is 38.9 Å². The largest absolute Gasteiger partial charge is 0.465 e. The van der Waals surface area contributed by atoms with Gasteiger partial charge in [-0.15, -0.1) is 0 Å². The maximum absolute atomic E-state index is 12.5. The maximum Gasteiger partial charge on any atom is 0.341 e. The zero-order valence-electron chi connectivity index (χ0n) is 16.1. The number of benzene rings is 1. The van der Waals surface area contributed by atoms with Crippen molar-refractivity contribution in [1.29, 1.82) is 0 Å². The number of carbonyl (C=O) groups is 1. The summed E-state index contributed by atoms with van der Waals surface area (Å²) < 4.78 is 36.6. The average molecular weight is 394 g/mol. The number of hydrogen-bond donors (Lipinski definition) is 1. The predicted molar refractivity (Wildman–Crippen MR) is 102 cm³/mol. The molecule has 148 valence electrons. The van der Waals surface area contributed by atoms with E-state index in [0.717, 1.165) is 5.56 Å². The summed E-state index contributed by atoms with van der Waals surface area (Å²) in [6.45, 7) is 7.22. The maximum atomic E-state index is 12.5. The van der Waals surface area contributed by atoms with Gasteiger partial charge < -0.3 is 14.5 Å². The molecular weight excluding hydrogens is 368 g/mol. The summed E-state index contributed by atoms with van der Waals surface area (Å²) in [5.74, 6) is 0.728. The Morgan fingerprint density at radius 1 is 1.15 bits per heavy atom. The summed E-state index contributed by atoms with van der Waals surface area (Å²) in [5.41, 5.74) is 1.37. The van der Waals surface area contributed by atoms with E-state index in [1.54, 1.807) is 37.3 Å². The van der Waals surface area contributed by atoms with E-state index in [4.69, 9.17) is 9.15 Å². The molecule has 0 radical (unpaired) electrons. The monoisotopic (exact) mass is 394 g/mol. The number of methoxy groups -OCH3 is 1. The molecule has 1 N–H and O–H groups in total. The van der Waals surface area contributed by atoms with Gasteiger partial charge in [0.15, 0.2) is 0 Å². The minimum atomic E-state index is -3.44. The molecule has 2 aromatic rings. The van der Waals surface area contributed by atoms with Crippen LogP contribution in [-0.2, 0) is 27.8 Å². The van der Waals surface area contributed by atoms with E-state index < -0.39 is 16.0 Å². The zero-order chi connectivity index (χ0) is 20.0. The van der Waals surface area contributed by atoms with Crippen LogP contribution in [0.1, 0.15) is 41.3 Å². The van der Waals surface area contributed by atoms with E-state index in [1.807, 2.05) is 13.8 Å². The van der Waals surface area contributed by atoms with Crippen LogP contribution in [0.5, 0.6) is 0 Å². The summed E-state index contributed by atoms with van der Waals surface area (Å²) in [4.78, 5) is 11.9. The van der Waals surface area contributed by atoms with Crippen molar-refractivity contribution in [1.82, 2.24) is 9.62 Å². The first kappa shape index (κ1) is 21.1. The van der Waals surface area contributed by atoms with Gasteiger partial charge in [-0.05, 0) is 30.7 Å².